The third kappa shape index (κ3) is 3.33. The summed E-state index contributed by atoms with van der Waals surface area (Å²) in [7, 11) is 0. The van der Waals surface area contributed by atoms with E-state index >= 15 is 0 Å². The van der Waals surface area contributed by atoms with E-state index in [0.29, 0.717) is 6.42 Å². The van der Waals surface area contributed by atoms with Crippen molar-refractivity contribution >= 4 is 17.5 Å². The number of hydrogen-bond acceptors (Lipinski definition) is 3. The van der Waals surface area contributed by atoms with Crippen LogP contribution in [0.25, 0.3) is 0 Å². The zero-order valence-electron chi connectivity index (χ0n) is 10.2. The van der Waals surface area contributed by atoms with E-state index in [-0.39, 0.29) is 11.8 Å². The molecule has 92 valence electrons. The summed E-state index contributed by atoms with van der Waals surface area (Å²) in [6.45, 7) is 1.94. The minimum Gasteiger partial charge on any atom is -0.328 e. The molecule has 1 aliphatic heterocycles. The summed E-state index contributed by atoms with van der Waals surface area (Å²) in [6, 6.07) is 6.23. The van der Waals surface area contributed by atoms with E-state index in [9.17, 15) is 4.79 Å². The van der Waals surface area contributed by atoms with Crippen LogP contribution in [0, 0.1) is 0 Å². The lowest BCUT2D eigenvalue weighted by molar-refractivity contribution is 0.0978. The first kappa shape index (κ1) is 12.7. The SMILES string of the molecule is CC(N)CCC(=O)c1ccc2c(c1)CCCS2. The molecule has 0 radical (unpaired) electrons. The van der Waals surface area contributed by atoms with Gasteiger partial charge in [0, 0.05) is 22.9 Å². The van der Waals surface area contributed by atoms with E-state index in [1.54, 1.807) is 0 Å². The van der Waals surface area contributed by atoms with Crippen molar-refractivity contribution < 1.29 is 4.79 Å². The van der Waals surface area contributed by atoms with Crippen molar-refractivity contribution in [3.05, 3.63) is 29.3 Å². The minimum absolute atomic E-state index is 0.104. The Labute approximate surface area is 107 Å². The van der Waals surface area contributed by atoms with Crippen LogP contribution in [0.2, 0.25) is 0 Å². The van der Waals surface area contributed by atoms with E-state index in [1.807, 2.05) is 24.8 Å². The molecule has 2 N–H and O–H groups in total. The molecule has 1 atom stereocenters. The molecule has 1 heterocycles. The maximum absolute atomic E-state index is 12.0. The van der Waals surface area contributed by atoms with Crippen molar-refractivity contribution in [1.29, 1.82) is 0 Å². The fraction of sp³-hybridized carbons (Fsp3) is 0.500. The normalized spacial score (nSPS) is 16.4. The molecule has 0 bridgehead atoms. The summed E-state index contributed by atoms with van der Waals surface area (Å²) in [5, 5.41) is 0. The second kappa shape index (κ2) is 5.69. The Kier molecular flexibility index (Phi) is 4.24. The molecule has 0 aromatic heterocycles. The van der Waals surface area contributed by atoms with Gasteiger partial charge >= 0.3 is 0 Å². The Hall–Kier alpha value is -0.800. The van der Waals surface area contributed by atoms with Crippen LogP contribution in [0.3, 0.4) is 0 Å². The molecule has 17 heavy (non-hydrogen) atoms. The van der Waals surface area contributed by atoms with Gasteiger partial charge in [0.2, 0.25) is 0 Å². The highest BCUT2D eigenvalue weighted by atomic mass is 32.2. The molecular weight excluding hydrogens is 230 g/mol. The highest BCUT2D eigenvalue weighted by Crippen LogP contribution is 2.30. The predicted molar refractivity (Wildman–Crippen MR) is 72.7 cm³/mol. The molecule has 1 aliphatic rings. The van der Waals surface area contributed by atoms with Gasteiger partial charge in [-0.1, -0.05) is 6.07 Å². The third-order valence-corrected chi connectivity index (χ3v) is 4.26. The van der Waals surface area contributed by atoms with Gasteiger partial charge in [0.15, 0.2) is 5.78 Å². The fourth-order valence-electron chi connectivity index (χ4n) is 2.04. The summed E-state index contributed by atoms with van der Waals surface area (Å²) in [6.07, 6.45) is 3.65. The summed E-state index contributed by atoms with van der Waals surface area (Å²) in [5.41, 5.74) is 7.87. The zero-order valence-corrected chi connectivity index (χ0v) is 11.1. The van der Waals surface area contributed by atoms with Crippen LogP contribution in [0.15, 0.2) is 23.1 Å². The quantitative estimate of drug-likeness (QED) is 0.834. The van der Waals surface area contributed by atoms with Crippen LogP contribution < -0.4 is 5.73 Å². The molecule has 0 fully saturated rings. The van der Waals surface area contributed by atoms with Gasteiger partial charge in [0.05, 0.1) is 0 Å². The monoisotopic (exact) mass is 249 g/mol. The first-order chi connectivity index (χ1) is 8.16. The highest BCUT2D eigenvalue weighted by molar-refractivity contribution is 7.99. The smallest absolute Gasteiger partial charge is 0.162 e. The van der Waals surface area contributed by atoms with Crippen LogP contribution in [0.4, 0.5) is 0 Å². The number of benzene rings is 1. The lowest BCUT2D eigenvalue weighted by Crippen LogP contribution is -2.16. The van der Waals surface area contributed by atoms with Crippen LogP contribution in [-0.4, -0.2) is 17.6 Å². The molecule has 1 aromatic carbocycles. The number of thioether (sulfide) groups is 1. The Morgan fingerprint density at radius 2 is 2.35 bits per heavy atom. The van der Waals surface area contributed by atoms with Crippen molar-refractivity contribution in [3.63, 3.8) is 0 Å². The zero-order chi connectivity index (χ0) is 12.3. The van der Waals surface area contributed by atoms with E-state index in [1.165, 1.54) is 22.6 Å². The van der Waals surface area contributed by atoms with Crippen molar-refractivity contribution in [2.45, 2.75) is 43.5 Å². The molecule has 0 saturated heterocycles. The number of carbonyl (C=O) groups is 1. The summed E-state index contributed by atoms with van der Waals surface area (Å²) >= 11 is 1.90. The first-order valence-corrected chi connectivity index (χ1v) is 7.20. The Morgan fingerprint density at radius 1 is 1.53 bits per heavy atom. The maximum atomic E-state index is 12.0. The number of Topliss-reactive ketones (excluding diaryl/α,β-unsaturated/α-hetero) is 1. The van der Waals surface area contributed by atoms with E-state index in [0.717, 1.165) is 18.4 Å². The van der Waals surface area contributed by atoms with Crippen molar-refractivity contribution in [1.82, 2.24) is 0 Å². The fourth-order valence-corrected chi connectivity index (χ4v) is 3.06. The van der Waals surface area contributed by atoms with E-state index < -0.39 is 0 Å². The van der Waals surface area contributed by atoms with Crippen molar-refractivity contribution in [2.24, 2.45) is 5.73 Å². The molecule has 3 heteroatoms. The van der Waals surface area contributed by atoms with Gasteiger partial charge in [-0.15, -0.1) is 11.8 Å². The number of aryl methyl sites for hydroxylation is 1. The average Bonchev–Trinajstić information content (AvgIpc) is 2.35. The molecule has 1 unspecified atom stereocenters. The summed E-state index contributed by atoms with van der Waals surface area (Å²) < 4.78 is 0. The van der Waals surface area contributed by atoms with Gasteiger partial charge in [-0.25, -0.2) is 0 Å². The predicted octanol–water partition coefficient (Wildman–Crippen LogP) is 3.04. The molecule has 2 rings (SSSR count). The Bertz CT molecular complexity index is 415. The van der Waals surface area contributed by atoms with Crippen molar-refractivity contribution in [3.8, 4) is 0 Å². The molecule has 2 nitrogen and oxygen atoms in total. The standard InChI is InChI=1S/C14H19NOS/c1-10(15)4-6-13(16)11-5-7-14-12(9-11)3-2-8-17-14/h5,7,9-10H,2-4,6,8,15H2,1H3. The van der Waals surface area contributed by atoms with Gasteiger partial charge in [0.25, 0.3) is 0 Å². The van der Waals surface area contributed by atoms with E-state index in [2.05, 4.69) is 12.1 Å². The minimum atomic E-state index is 0.104. The van der Waals surface area contributed by atoms with Gasteiger partial charge in [-0.3, -0.25) is 4.79 Å². The van der Waals surface area contributed by atoms with Crippen molar-refractivity contribution in [2.75, 3.05) is 5.75 Å². The topological polar surface area (TPSA) is 43.1 Å². The van der Waals surface area contributed by atoms with Crippen LogP contribution in [0.5, 0.6) is 0 Å². The Balaban J connectivity index is 2.08. The molecular formula is C14H19NOS. The number of nitrogens with two attached hydrogens (primary N) is 1. The number of ketones is 1. The number of fused-ring (bicyclic) bond motifs is 1. The molecule has 1 aromatic rings. The molecule has 0 aliphatic carbocycles. The number of carbonyl (C=O) groups excluding carboxylic acids is 1. The first-order valence-electron chi connectivity index (χ1n) is 6.21. The van der Waals surface area contributed by atoms with Gasteiger partial charge in [-0.05, 0) is 49.6 Å². The number of hydrogen-bond donors (Lipinski definition) is 1. The van der Waals surface area contributed by atoms with Crippen LogP contribution >= 0.6 is 11.8 Å². The largest absolute Gasteiger partial charge is 0.328 e. The van der Waals surface area contributed by atoms with Crippen LogP contribution in [0.1, 0.15) is 42.1 Å². The third-order valence-electron chi connectivity index (χ3n) is 3.06. The second-order valence-electron chi connectivity index (χ2n) is 4.71. The van der Waals surface area contributed by atoms with Gasteiger partial charge in [0.1, 0.15) is 0 Å². The average molecular weight is 249 g/mol. The lowest BCUT2D eigenvalue weighted by Gasteiger charge is -2.15. The summed E-state index contributed by atoms with van der Waals surface area (Å²) in [4.78, 5) is 13.3. The number of rotatable bonds is 4. The second-order valence-corrected chi connectivity index (χ2v) is 5.85. The van der Waals surface area contributed by atoms with E-state index in [4.69, 9.17) is 5.73 Å². The Morgan fingerprint density at radius 3 is 3.12 bits per heavy atom. The van der Waals surface area contributed by atoms with Crippen LogP contribution in [-0.2, 0) is 6.42 Å². The molecule has 0 amide bonds. The highest BCUT2D eigenvalue weighted by Gasteiger charge is 2.13. The van der Waals surface area contributed by atoms with Gasteiger partial charge in [-0.2, -0.15) is 0 Å². The lowest BCUT2D eigenvalue weighted by atomic mass is 10.0. The van der Waals surface area contributed by atoms with Gasteiger partial charge < -0.3 is 5.73 Å². The maximum Gasteiger partial charge on any atom is 0.162 e. The molecule has 0 saturated carbocycles. The summed E-state index contributed by atoms with van der Waals surface area (Å²) in [5.74, 6) is 1.42. The molecule has 0 spiro atoms.